The fourth-order valence-electron chi connectivity index (χ4n) is 2.05. The first-order valence-corrected chi connectivity index (χ1v) is 6.18. The van der Waals surface area contributed by atoms with Crippen molar-refractivity contribution < 1.29 is 13.2 Å². The van der Waals surface area contributed by atoms with Gasteiger partial charge in [-0.05, 0) is 37.3 Å². The van der Waals surface area contributed by atoms with Crippen molar-refractivity contribution in [2.75, 3.05) is 5.32 Å². The van der Waals surface area contributed by atoms with Crippen molar-refractivity contribution in [3.63, 3.8) is 0 Å². The van der Waals surface area contributed by atoms with E-state index in [2.05, 4.69) is 20.3 Å². The molecule has 0 spiro atoms. The van der Waals surface area contributed by atoms with Gasteiger partial charge in [-0.1, -0.05) is 0 Å². The van der Waals surface area contributed by atoms with E-state index in [0.29, 0.717) is 17.2 Å². The molecular formula is C14H11F3N4. The summed E-state index contributed by atoms with van der Waals surface area (Å²) >= 11 is 0. The number of benzene rings is 1. The number of aromatic nitrogens is 3. The third-order valence-electron chi connectivity index (χ3n) is 3.04. The summed E-state index contributed by atoms with van der Waals surface area (Å²) in [5.74, 6) is 0.545. The molecule has 0 amide bonds. The SMILES string of the molecule is Cc1cc2c(Nc3ccc(C(F)(F)F)cc3)ncnc2[nH]1. The van der Waals surface area contributed by atoms with Crippen LogP contribution in [0.15, 0.2) is 36.7 Å². The number of halogens is 3. The average molecular weight is 292 g/mol. The Hall–Kier alpha value is -2.57. The molecular weight excluding hydrogens is 281 g/mol. The monoisotopic (exact) mass is 292 g/mol. The lowest BCUT2D eigenvalue weighted by atomic mass is 10.2. The van der Waals surface area contributed by atoms with Gasteiger partial charge in [0.25, 0.3) is 0 Å². The van der Waals surface area contributed by atoms with Gasteiger partial charge in [0.2, 0.25) is 0 Å². The van der Waals surface area contributed by atoms with E-state index in [1.807, 2.05) is 13.0 Å². The summed E-state index contributed by atoms with van der Waals surface area (Å²) in [4.78, 5) is 11.3. The molecule has 0 saturated heterocycles. The minimum atomic E-state index is -4.33. The van der Waals surface area contributed by atoms with Crippen LogP contribution in [0.5, 0.6) is 0 Å². The molecule has 0 fully saturated rings. The molecule has 21 heavy (non-hydrogen) atoms. The molecule has 7 heteroatoms. The van der Waals surface area contributed by atoms with Crippen LogP contribution in [0.2, 0.25) is 0 Å². The smallest absolute Gasteiger partial charge is 0.343 e. The van der Waals surface area contributed by atoms with Crippen LogP contribution < -0.4 is 5.32 Å². The third kappa shape index (κ3) is 2.67. The van der Waals surface area contributed by atoms with Gasteiger partial charge >= 0.3 is 6.18 Å². The first-order chi connectivity index (χ1) is 9.93. The van der Waals surface area contributed by atoms with Gasteiger partial charge in [-0.2, -0.15) is 13.2 Å². The molecule has 2 heterocycles. The second-order valence-corrected chi connectivity index (χ2v) is 4.64. The maximum absolute atomic E-state index is 12.5. The second kappa shape index (κ2) is 4.76. The number of alkyl halides is 3. The Morgan fingerprint density at radius 3 is 2.48 bits per heavy atom. The van der Waals surface area contributed by atoms with Crippen LogP contribution in [-0.4, -0.2) is 15.0 Å². The highest BCUT2D eigenvalue weighted by molar-refractivity contribution is 5.89. The highest BCUT2D eigenvalue weighted by Crippen LogP contribution is 2.30. The summed E-state index contributed by atoms with van der Waals surface area (Å²) in [6.45, 7) is 1.89. The summed E-state index contributed by atoms with van der Waals surface area (Å²) in [7, 11) is 0. The number of nitrogens with one attached hydrogen (secondary N) is 2. The Morgan fingerprint density at radius 1 is 1.10 bits per heavy atom. The lowest BCUT2D eigenvalue weighted by Gasteiger charge is -2.09. The molecule has 0 aliphatic rings. The normalized spacial score (nSPS) is 11.8. The van der Waals surface area contributed by atoms with Crippen LogP contribution >= 0.6 is 0 Å². The van der Waals surface area contributed by atoms with E-state index in [-0.39, 0.29) is 0 Å². The van der Waals surface area contributed by atoms with Gasteiger partial charge in [-0.25, -0.2) is 9.97 Å². The summed E-state index contributed by atoms with van der Waals surface area (Å²) in [5, 5.41) is 3.79. The molecule has 0 bridgehead atoms. The third-order valence-corrected chi connectivity index (χ3v) is 3.04. The number of nitrogens with zero attached hydrogens (tertiary/aromatic N) is 2. The minimum Gasteiger partial charge on any atom is -0.343 e. The van der Waals surface area contributed by atoms with Crippen LogP contribution in [-0.2, 0) is 6.18 Å². The molecule has 0 atom stereocenters. The van der Waals surface area contributed by atoms with Gasteiger partial charge in [0.05, 0.1) is 10.9 Å². The van der Waals surface area contributed by atoms with Crippen molar-refractivity contribution in [1.82, 2.24) is 15.0 Å². The molecule has 0 aliphatic heterocycles. The Kier molecular flexibility index (Phi) is 3.04. The first-order valence-electron chi connectivity index (χ1n) is 6.18. The van der Waals surface area contributed by atoms with Crippen molar-refractivity contribution >= 4 is 22.5 Å². The van der Waals surface area contributed by atoms with Crippen LogP contribution in [0.3, 0.4) is 0 Å². The number of hydrogen-bond donors (Lipinski definition) is 2. The van der Waals surface area contributed by atoms with E-state index in [9.17, 15) is 13.2 Å². The van der Waals surface area contributed by atoms with Crippen molar-refractivity contribution in [3.8, 4) is 0 Å². The molecule has 2 N–H and O–H groups in total. The Morgan fingerprint density at radius 2 is 1.81 bits per heavy atom. The zero-order valence-electron chi connectivity index (χ0n) is 11.0. The number of anilines is 2. The number of rotatable bonds is 2. The zero-order valence-corrected chi connectivity index (χ0v) is 11.0. The molecule has 1 aromatic carbocycles. The van der Waals surface area contributed by atoms with Crippen LogP contribution in [0.25, 0.3) is 11.0 Å². The lowest BCUT2D eigenvalue weighted by Crippen LogP contribution is -2.04. The van der Waals surface area contributed by atoms with Crippen molar-refractivity contribution in [3.05, 3.63) is 47.9 Å². The van der Waals surface area contributed by atoms with Gasteiger partial charge in [0.15, 0.2) is 0 Å². The summed E-state index contributed by atoms with van der Waals surface area (Å²) in [5.41, 5.74) is 1.46. The topological polar surface area (TPSA) is 53.6 Å². The Bertz CT molecular complexity index is 775. The van der Waals surface area contributed by atoms with E-state index in [0.717, 1.165) is 23.2 Å². The van der Waals surface area contributed by atoms with Gasteiger partial charge < -0.3 is 10.3 Å². The van der Waals surface area contributed by atoms with E-state index in [4.69, 9.17) is 0 Å². The van der Waals surface area contributed by atoms with Gasteiger partial charge in [-0.15, -0.1) is 0 Å². The van der Waals surface area contributed by atoms with Crippen LogP contribution in [0.1, 0.15) is 11.3 Å². The standard InChI is InChI=1S/C14H11F3N4/c1-8-6-11-12(20-8)18-7-19-13(11)21-10-4-2-9(3-5-10)14(15,16)17/h2-7H,1H3,(H2,18,19,20,21). The predicted octanol–water partition coefficient (Wildman–Crippen LogP) is 4.03. The number of hydrogen-bond acceptors (Lipinski definition) is 3. The quantitative estimate of drug-likeness (QED) is 0.749. The zero-order chi connectivity index (χ0) is 15.0. The van der Waals surface area contributed by atoms with Crippen molar-refractivity contribution in [1.29, 1.82) is 0 Å². The molecule has 3 aromatic rings. The lowest BCUT2D eigenvalue weighted by molar-refractivity contribution is -0.137. The number of aryl methyl sites for hydroxylation is 1. The molecule has 108 valence electrons. The summed E-state index contributed by atoms with van der Waals surface area (Å²) in [6, 6.07) is 6.68. The van der Waals surface area contributed by atoms with Crippen molar-refractivity contribution in [2.45, 2.75) is 13.1 Å². The van der Waals surface area contributed by atoms with Gasteiger partial charge in [0.1, 0.15) is 17.8 Å². The molecule has 0 radical (unpaired) electrons. The number of aromatic amines is 1. The fourth-order valence-corrected chi connectivity index (χ4v) is 2.05. The highest BCUT2D eigenvalue weighted by atomic mass is 19.4. The number of H-pyrrole nitrogens is 1. The van der Waals surface area contributed by atoms with E-state index in [1.165, 1.54) is 18.5 Å². The largest absolute Gasteiger partial charge is 0.416 e. The van der Waals surface area contributed by atoms with Crippen LogP contribution in [0, 0.1) is 6.92 Å². The molecule has 2 aromatic heterocycles. The first kappa shape index (κ1) is 13.4. The maximum atomic E-state index is 12.5. The molecule has 0 aliphatic carbocycles. The maximum Gasteiger partial charge on any atom is 0.416 e. The second-order valence-electron chi connectivity index (χ2n) is 4.64. The van der Waals surface area contributed by atoms with Gasteiger partial charge in [-0.3, -0.25) is 0 Å². The molecule has 0 saturated carbocycles. The van der Waals surface area contributed by atoms with E-state index in [1.54, 1.807) is 0 Å². The van der Waals surface area contributed by atoms with Crippen molar-refractivity contribution in [2.24, 2.45) is 0 Å². The Balaban J connectivity index is 1.92. The fraction of sp³-hybridized carbons (Fsp3) is 0.143. The molecule has 0 unspecified atom stereocenters. The summed E-state index contributed by atoms with van der Waals surface area (Å²) in [6.07, 6.45) is -2.94. The van der Waals surface area contributed by atoms with Crippen LogP contribution in [0.4, 0.5) is 24.7 Å². The minimum absolute atomic E-state index is 0.529. The number of fused-ring (bicyclic) bond motifs is 1. The average Bonchev–Trinajstić information content (AvgIpc) is 2.80. The summed E-state index contributed by atoms with van der Waals surface area (Å²) < 4.78 is 37.5. The van der Waals surface area contributed by atoms with E-state index < -0.39 is 11.7 Å². The molecule has 3 rings (SSSR count). The van der Waals surface area contributed by atoms with Gasteiger partial charge in [0, 0.05) is 11.4 Å². The van der Waals surface area contributed by atoms with E-state index >= 15 is 0 Å². The predicted molar refractivity (Wildman–Crippen MR) is 73.4 cm³/mol. The highest BCUT2D eigenvalue weighted by Gasteiger charge is 2.29. The molecule has 4 nitrogen and oxygen atoms in total. The Labute approximate surface area is 118 Å².